The quantitative estimate of drug-likeness (QED) is 0.850. The number of rotatable bonds is 4. The van der Waals surface area contributed by atoms with Crippen LogP contribution >= 0.6 is 0 Å². The van der Waals surface area contributed by atoms with Crippen LogP contribution in [0.4, 0.5) is 0 Å². The van der Waals surface area contributed by atoms with E-state index in [0.29, 0.717) is 29.4 Å². The van der Waals surface area contributed by atoms with Crippen LogP contribution in [0.3, 0.4) is 0 Å². The normalized spacial score (nSPS) is 10.5. The Balaban J connectivity index is 2.56. The highest BCUT2D eigenvalue weighted by Gasteiger charge is 2.11. The lowest BCUT2D eigenvalue weighted by Gasteiger charge is -2.11. The highest BCUT2D eigenvalue weighted by molar-refractivity contribution is 5.53. The van der Waals surface area contributed by atoms with Gasteiger partial charge in [-0.15, -0.1) is 0 Å². The molecule has 2 aromatic heterocycles. The topological polar surface area (TPSA) is 71.6 Å². The van der Waals surface area contributed by atoms with Gasteiger partial charge in [-0.05, 0) is 24.1 Å². The highest BCUT2D eigenvalue weighted by Crippen LogP contribution is 2.13. The fourth-order valence-electron chi connectivity index (χ4n) is 1.92. The summed E-state index contributed by atoms with van der Waals surface area (Å²) in [5, 5.41) is 13.2. The van der Waals surface area contributed by atoms with Gasteiger partial charge in [0.1, 0.15) is 5.69 Å². The van der Waals surface area contributed by atoms with Gasteiger partial charge >= 0.3 is 0 Å². The summed E-state index contributed by atoms with van der Waals surface area (Å²) in [6.45, 7) is 4.56. The van der Waals surface area contributed by atoms with Gasteiger partial charge in [-0.3, -0.25) is 9.78 Å². The Morgan fingerprint density at radius 3 is 2.75 bits per heavy atom. The first-order valence-corrected chi connectivity index (χ1v) is 6.51. The monoisotopic (exact) mass is 268 g/mol. The summed E-state index contributed by atoms with van der Waals surface area (Å²) in [5.41, 5.74) is 1.59. The van der Waals surface area contributed by atoms with Crippen molar-refractivity contribution in [2.24, 2.45) is 5.92 Å². The van der Waals surface area contributed by atoms with E-state index in [4.69, 9.17) is 5.26 Å². The minimum atomic E-state index is -0.195. The molecule has 0 spiro atoms. The molecule has 0 aliphatic carbocycles. The number of nitriles is 1. The van der Waals surface area contributed by atoms with Crippen LogP contribution in [0.15, 0.2) is 35.3 Å². The Bertz CT molecular complexity index is 683. The molecule has 5 nitrogen and oxygen atoms in total. The summed E-state index contributed by atoms with van der Waals surface area (Å²) in [6.07, 6.45) is 1.76. The van der Waals surface area contributed by atoms with Crippen molar-refractivity contribution < 1.29 is 0 Å². The summed E-state index contributed by atoms with van der Waals surface area (Å²) < 4.78 is 1.43. The first-order valence-electron chi connectivity index (χ1n) is 6.51. The fraction of sp³-hybridized carbons (Fsp3) is 0.333. The third-order valence-corrected chi connectivity index (χ3v) is 2.78. The van der Waals surface area contributed by atoms with Crippen LogP contribution in [0.25, 0.3) is 11.4 Å². The second-order valence-corrected chi connectivity index (χ2v) is 4.99. The van der Waals surface area contributed by atoms with Crippen molar-refractivity contribution in [3.63, 3.8) is 0 Å². The molecule has 2 rings (SSSR count). The average molecular weight is 268 g/mol. The minimum Gasteiger partial charge on any atom is -0.267 e. The molecular formula is C15H16N4O. The van der Waals surface area contributed by atoms with Gasteiger partial charge in [0.25, 0.3) is 5.56 Å². The zero-order chi connectivity index (χ0) is 14.5. The predicted octanol–water partition coefficient (Wildman–Crippen LogP) is 2.03. The Labute approximate surface area is 117 Å². The smallest absolute Gasteiger partial charge is 0.267 e. The molecule has 0 aromatic carbocycles. The van der Waals surface area contributed by atoms with Crippen molar-refractivity contribution >= 4 is 0 Å². The zero-order valence-corrected chi connectivity index (χ0v) is 11.6. The molecule has 2 heterocycles. The van der Waals surface area contributed by atoms with Crippen LogP contribution in [-0.4, -0.2) is 14.8 Å². The SMILES string of the molecule is CC(C)Cn1nc(-c2ccccn2)cc(CC#N)c1=O. The van der Waals surface area contributed by atoms with E-state index in [9.17, 15) is 4.79 Å². The largest absolute Gasteiger partial charge is 0.271 e. The van der Waals surface area contributed by atoms with Crippen LogP contribution in [0.2, 0.25) is 0 Å². The van der Waals surface area contributed by atoms with E-state index in [1.807, 2.05) is 38.1 Å². The highest BCUT2D eigenvalue weighted by atomic mass is 16.1. The third-order valence-electron chi connectivity index (χ3n) is 2.78. The molecule has 0 aliphatic rings. The number of aromatic nitrogens is 3. The van der Waals surface area contributed by atoms with Crippen LogP contribution in [-0.2, 0) is 13.0 Å². The Morgan fingerprint density at radius 2 is 2.15 bits per heavy atom. The Hall–Kier alpha value is -2.48. The fourth-order valence-corrected chi connectivity index (χ4v) is 1.92. The van der Waals surface area contributed by atoms with Crippen molar-refractivity contribution in [3.8, 4) is 17.5 Å². The van der Waals surface area contributed by atoms with Crippen molar-refractivity contribution in [3.05, 3.63) is 46.4 Å². The van der Waals surface area contributed by atoms with Gasteiger partial charge in [-0.25, -0.2) is 4.68 Å². The standard InChI is InChI=1S/C15H16N4O/c1-11(2)10-19-15(20)12(6-7-16)9-14(18-19)13-5-3-4-8-17-13/h3-5,8-9,11H,6,10H2,1-2H3. The van der Waals surface area contributed by atoms with Crippen molar-refractivity contribution in [2.75, 3.05) is 0 Å². The molecule has 0 radical (unpaired) electrons. The van der Waals surface area contributed by atoms with E-state index >= 15 is 0 Å². The van der Waals surface area contributed by atoms with Crippen molar-refractivity contribution in [1.29, 1.82) is 5.26 Å². The molecule has 0 saturated carbocycles. The van der Waals surface area contributed by atoms with Gasteiger partial charge in [0.2, 0.25) is 0 Å². The van der Waals surface area contributed by atoms with Gasteiger partial charge in [0.15, 0.2) is 0 Å². The van der Waals surface area contributed by atoms with Crippen molar-refractivity contribution in [2.45, 2.75) is 26.8 Å². The van der Waals surface area contributed by atoms with E-state index in [1.165, 1.54) is 4.68 Å². The second kappa shape index (κ2) is 6.11. The van der Waals surface area contributed by atoms with E-state index in [0.717, 1.165) is 0 Å². The predicted molar refractivity (Wildman–Crippen MR) is 75.9 cm³/mol. The van der Waals surface area contributed by atoms with Crippen LogP contribution in [0.1, 0.15) is 19.4 Å². The first-order chi connectivity index (χ1) is 9.61. The summed E-state index contributed by atoms with van der Waals surface area (Å²) in [7, 11) is 0. The zero-order valence-electron chi connectivity index (χ0n) is 11.6. The molecule has 0 amide bonds. The number of nitrogens with zero attached hydrogens (tertiary/aromatic N) is 4. The number of hydrogen-bond donors (Lipinski definition) is 0. The van der Waals surface area contributed by atoms with Crippen LogP contribution < -0.4 is 5.56 Å². The summed E-state index contributed by atoms with van der Waals surface area (Å²) in [6, 6.07) is 9.21. The molecule has 0 aliphatic heterocycles. The van der Waals surface area contributed by atoms with Gasteiger partial charge in [0.05, 0.1) is 18.2 Å². The molecule has 0 N–H and O–H groups in total. The Morgan fingerprint density at radius 1 is 1.35 bits per heavy atom. The van der Waals surface area contributed by atoms with E-state index in [-0.39, 0.29) is 12.0 Å². The molecule has 0 saturated heterocycles. The van der Waals surface area contributed by atoms with E-state index < -0.39 is 0 Å². The third kappa shape index (κ3) is 3.09. The maximum absolute atomic E-state index is 12.2. The maximum atomic E-state index is 12.2. The van der Waals surface area contributed by atoms with Crippen molar-refractivity contribution in [1.82, 2.24) is 14.8 Å². The van der Waals surface area contributed by atoms with Gasteiger partial charge < -0.3 is 0 Å². The summed E-state index contributed by atoms with van der Waals surface area (Å²) in [5.74, 6) is 0.300. The lowest BCUT2D eigenvalue weighted by Crippen LogP contribution is -2.28. The molecular weight excluding hydrogens is 252 g/mol. The molecule has 5 heteroatoms. The molecule has 0 fully saturated rings. The van der Waals surface area contributed by atoms with E-state index in [1.54, 1.807) is 12.3 Å². The lowest BCUT2D eigenvalue weighted by molar-refractivity contribution is 0.463. The number of hydrogen-bond acceptors (Lipinski definition) is 4. The summed E-state index contributed by atoms with van der Waals surface area (Å²) in [4.78, 5) is 16.4. The lowest BCUT2D eigenvalue weighted by atomic mass is 10.1. The molecule has 0 bridgehead atoms. The number of pyridine rings is 1. The Kier molecular flexibility index (Phi) is 4.26. The van der Waals surface area contributed by atoms with E-state index in [2.05, 4.69) is 10.1 Å². The molecule has 0 unspecified atom stereocenters. The molecule has 0 atom stereocenters. The van der Waals surface area contributed by atoms with Gasteiger partial charge in [0, 0.05) is 18.3 Å². The second-order valence-electron chi connectivity index (χ2n) is 4.99. The average Bonchev–Trinajstić information content (AvgIpc) is 2.44. The van der Waals surface area contributed by atoms with Crippen LogP contribution in [0.5, 0.6) is 0 Å². The van der Waals surface area contributed by atoms with Gasteiger partial charge in [-0.2, -0.15) is 10.4 Å². The summed E-state index contributed by atoms with van der Waals surface area (Å²) >= 11 is 0. The van der Waals surface area contributed by atoms with Gasteiger partial charge in [-0.1, -0.05) is 19.9 Å². The first kappa shape index (κ1) is 13.9. The van der Waals surface area contributed by atoms with Crippen LogP contribution in [0, 0.1) is 17.2 Å². The molecule has 2 aromatic rings. The minimum absolute atomic E-state index is 0.0826. The maximum Gasteiger partial charge on any atom is 0.271 e. The molecule has 102 valence electrons. The molecule has 20 heavy (non-hydrogen) atoms.